The van der Waals surface area contributed by atoms with Crippen molar-refractivity contribution < 1.29 is 73.4 Å². The maximum atomic E-state index is 13.4. The maximum Gasteiger partial charge on any atom is 0.314 e. The number of ether oxygens (including phenoxy) is 6. The van der Waals surface area contributed by atoms with E-state index in [0.717, 1.165) is 36.4 Å². The van der Waals surface area contributed by atoms with Gasteiger partial charge in [0, 0.05) is 36.4 Å². The molecule has 0 aliphatic carbocycles. The van der Waals surface area contributed by atoms with Crippen LogP contribution in [0.15, 0.2) is 121 Å². The van der Waals surface area contributed by atoms with Gasteiger partial charge in [0.25, 0.3) is 0 Å². The average Bonchev–Trinajstić information content (AvgIpc) is 3.31. The lowest BCUT2D eigenvalue weighted by molar-refractivity contribution is -0.387. The molecular formula is C45H28Br4ClF8N3O10. The van der Waals surface area contributed by atoms with Crippen molar-refractivity contribution in [2.45, 2.75) is 0 Å². The molecule has 374 valence electrons. The zero-order valence-corrected chi connectivity index (χ0v) is 42.9. The monoisotopic (exact) mass is 1270 g/mol. The van der Waals surface area contributed by atoms with E-state index in [0.29, 0.717) is 12.1 Å². The quantitative estimate of drug-likeness (QED) is 0.0430. The molecule has 0 unspecified atom stereocenters. The Hall–Kier alpha value is -6.41. The summed E-state index contributed by atoms with van der Waals surface area (Å²) >= 11 is 17.6. The van der Waals surface area contributed by atoms with E-state index in [1.54, 1.807) is 0 Å². The first-order valence-electron chi connectivity index (χ1n) is 18.8. The molecule has 0 bridgehead atoms. The third kappa shape index (κ3) is 16.1. The standard InChI is InChI=1S/C13H8BrClF2O2.C13H8BrF2NO4.C13H10BrF2NO2.C6H2BrF2NO2/c1-18-13-4-7(16)2-3-11(13)19-12-5-8(14)10(17)6-9(12)15;1-20-13-4-7(15)2-3-11(13)21-12-5-8(14)9(16)6-10(12)17(18)19;1-18-13-4-7(15)2-3-11(13)19-12-5-8(14)9(16)6-10(12)17;7-3-1-5(9)6(10(11)12)2-4(3)8/h2-6H,1H3;2-6H,1H3;2-6H,17H2,1H3;1-2H. The minimum Gasteiger partial charge on any atom is -0.493 e. The first-order valence-corrected chi connectivity index (χ1v) is 22.4. The molecule has 7 rings (SSSR count). The van der Waals surface area contributed by atoms with Crippen LogP contribution < -0.4 is 34.2 Å². The number of rotatable bonds is 11. The number of nitrogens with two attached hydrogens (primary N) is 1. The number of hydrogen-bond acceptors (Lipinski definition) is 11. The van der Waals surface area contributed by atoms with E-state index in [1.165, 1.54) is 75.9 Å². The Kier molecular flexibility index (Phi) is 21.1. The molecule has 26 heteroatoms. The summed E-state index contributed by atoms with van der Waals surface area (Å²) in [6.07, 6.45) is 0. The molecule has 0 spiro atoms. The number of nitro benzene ring substituents is 2. The van der Waals surface area contributed by atoms with Crippen molar-refractivity contribution in [3.63, 3.8) is 0 Å². The van der Waals surface area contributed by atoms with Gasteiger partial charge >= 0.3 is 11.4 Å². The number of benzene rings is 7. The lowest BCUT2D eigenvalue weighted by Crippen LogP contribution is -1.97. The molecule has 0 saturated carbocycles. The van der Waals surface area contributed by atoms with Gasteiger partial charge in [0.15, 0.2) is 40.2 Å². The van der Waals surface area contributed by atoms with Crippen molar-refractivity contribution in [2.75, 3.05) is 27.1 Å². The van der Waals surface area contributed by atoms with Gasteiger partial charge in [-0.25, -0.2) is 30.7 Å². The van der Waals surface area contributed by atoms with Crippen LogP contribution in [0.25, 0.3) is 0 Å². The number of methoxy groups -OCH3 is 3. The molecule has 0 aliphatic rings. The Morgan fingerprint density at radius 1 is 0.423 bits per heavy atom. The van der Waals surface area contributed by atoms with Crippen LogP contribution in [0.2, 0.25) is 5.02 Å². The van der Waals surface area contributed by atoms with Crippen LogP contribution in [0.3, 0.4) is 0 Å². The van der Waals surface area contributed by atoms with Crippen molar-refractivity contribution in [3.05, 3.63) is 193 Å². The second-order valence-corrected chi connectivity index (χ2v) is 17.0. The Balaban J connectivity index is 0.000000209. The first kappa shape index (κ1) is 57.2. The molecule has 13 nitrogen and oxygen atoms in total. The molecule has 2 N–H and O–H groups in total. The van der Waals surface area contributed by atoms with E-state index in [4.69, 9.17) is 45.8 Å². The largest absolute Gasteiger partial charge is 0.493 e. The van der Waals surface area contributed by atoms with Gasteiger partial charge in [0.2, 0.25) is 11.6 Å². The van der Waals surface area contributed by atoms with Gasteiger partial charge in [-0.1, -0.05) is 11.6 Å². The predicted molar refractivity (Wildman–Crippen MR) is 258 cm³/mol. The van der Waals surface area contributed by atoms with E-state index in [1.807, 2.05) is 0 Å². The molecule has 0 radical (unpaired) electrons. The van der Waals surface area contributed by atoms with E-state index in [2.05, 4.69) is 63.7 Å². The lowest BCUT2D eigenvalue weighted by Gasteiger charge is -2.12. The summed E-state index contributed by atoms with van der Waals surface area (Å²) in [5.41, 5.74) is 4.37. The summed E-state index contributed by atoms with van der Waals surface area (Å²) in [7, 11) is 4.09. The molecule has 0 aromatic heterocycles. The van der Waals surface area contributed by atoms with Gasteiger partial charge in [-0.3, -0.25) is 20.2 Å². The third-order valence-electron chi connectivity index (χ3n) is 8.45. The highest BCUT2D eigenvalue weighted by atomic mass is 79.9. The van der Waals surface area contributed by atoms with Crippen LogP contribution in [0.4, 0.5) is 52.2 Å². The number of nitro groups is 2. The van der Waals surface area contributed by atoms with Gasteiger partial charge in [-0.15, -0.1) is 0 Å². The second kappa shape index (κ2) is 26.2. The molecule has 0 aliphatic heterocycles. The van der Waals surface area contributed by atoms with Gasteiger partial charge in [-0.2, -0.15) is 4.39 Å². The summed E-state index contributed by atoms with van der Waals surface area (Å²) < 4.78 is 136. The van der Waals surface area contributed by atoms with Crippen LogP contribution in [-0.4, -0.2) is 31.2 Å². The summed E-state index contributed by atoms with van der Waals surface area (Å²) in [5.74, 6) is -3.71. The second-order valence-electron chi connectivity index (χ2n) is 13.2. The Labute approximate surface area is 434 Å². The zero-order valence-electron chi connectivity index (χ0n) is 35.8. The fraction of sp³-hybridized carbons (Fsp3) is 0.0667. The van der Waals surface area contributed by atoms with Crippen molar-refractivity contribution in [3.8, 4) is 51.7 Å². The molecule has 0 amide bonds. The molecule has 0 saturated heterocycles. The van der Waals surface area contributed by atoms with Crippen LogP contribution in [-0.2, 0) is 0 Å². The highest BCUT2D eigenvalue weighted by Gasteiger charge is 2.22. The number of nitrogens with zero attached hydrogens (tertiary/aromatic N) is 2. The molecule has 0 fully saturated rings. The minimum absolute atomic E-state index is 0.00387. The third-order valence-corrected chi connectivity index (χ3v) is 11.2. The molecular weight excluding hydrogens is 1250 g/mol. The normalized spacial score (nSPS) is 10.3. The number of hydrogen-bond donors (Lipinski definition) is 1. The van der Waals surface area contributed by atoms with Crippen molar-refractivity contribution in [2.24, 2.45) is 0 Å². The smallest absolute Gasteiger partial charge is 0.314 e. The molecule has 0 atom stereocenters. The van der Waals surface area contributed by atoms with Crippen LogP contribution in [0.5, 0.6) is 51.7 Å². The molecule has 7 aromatic rings. The fourth-order valence-electron chi connectivity index (χ4n) is 5.14. The fourth-order valence-corrected chi connectivity index (χ4v) is 6.61. The van der Waals surface area contributed by atoms with E-state index in [9.17, 15) is 55.4 Å². The molecule has 71 heavy (non-hydrogen) atoms. The van der Waals surface area contributed by atoms with Gasteiger partial charge in [0.05, 0.1) is 71.9 Å². The number of nitrogen functional groups attached to an aromatic ring is 1. The highest BCUT2D eigenvalue weighted by molar-refractivity contribution is 9.11. The van der Waals surface area contributed by atoms with Gasteiger partial charge in [0.1, 0.15) is 46.5 Å². The number of halogens is 13. The van der Waals surface area contributed by atoms with Crippen molar-refractivity contribution >= 4 is 92.4 Å². The zero-order chi connectivity index (χ0) is 52.9. The lowest BCUT2D eigenvalue weighted by atomic mass is 10.2. The highest BCUT2D eigenvalue weighted by Crippen LogP contribution is 2.41. The van der Waals surface area contributed by atoms with Crippen molar-refractivity contribution in [1.29, 1.82) is 0 Å². The topological polar surface area (TPSA) is 168 Å². The summed E-state index contributed by atoms with van der Waals surface area (Å²) in [6.45, 7) is 0. The van der Waals surface area contributed by atoms with Gasteiger partial charge in [-0.05, 0) is 118 Å². The van der Waals surface area contributed by atoms with Crippen LogP contribution in [0.1, 0.15) is 0 Å². The van der Waals surface area contributed by atoms with Gasteiger partial charge < -0.3 is 34.2 Å². The summed E-state index contributed by atoms with van der Waals surface area (Å²) in [4.78, 5) is 19.2. The minimum atomic E-state index is -1.06. The van der Waals surface area contributed by atoms with Crippen molar-refractivity contribution in [1.82, 2.24) is 0 Å². The van der Waals surface area contributed by atoms with E-state index >= 15 is 0 Å². The first-order chi connectivity index (χ1) is 33.5. The van der Waals surface area contributed by atoms with E-state index < -0.39 is 67.8 Å². The Bertz CT molecular complexity index is 2990. The van der Waals surface area contributed by atoms with E-state index in [-0.39, 0.29) is 80.3 Å². The summed E-state index contributed by atoms with van der Waals surface area (Å²) in [5, 5.41) is 21.1. The number of anilines is 1. The molecule has 7 aromatic carbocycles. The van der Waals surface area contributed by atoms with Crippen LogP contribution >= 0.6 is 75.3 Å². The Morgan fingerprint density at radius 2 is 0.761 bits per heavy atom. The predicted octanol–water partition coefficient (Wildman–Crippen LogP) is 16.4. The SMILES string of the molecule is COc1cc(F)ccc1Oc1cc(Br)c(F)cc1Cl.COc1cc(F)ccc1Oc1cc(Br)c(F)cc1N.COc1cc(F)ccc1Oc1cc(Br)c(F)cc1[N+](=O)[O-].O=[N+]([O-])c1cc(F)c(Br)cc1F. The average molecular weight is 1280 g/mol. The Morgan fingerprint density at radius 3 is 1.18 bits per heavy atom. The molecule has 0 heterocycles. The maximum absolute atomic E-state index is 13.4. The van der Waals surface area contributed by atoms with Crippen LogP contribution in [0, 0.1) is 66.8 Å². The summed E-state index contributed by atoms with van der Waals surface area (Å²) in [6, 6.07) is 19.2.